The highest BCUT2D eigenvalue weighted by molar-refractivity contribution is 7.92. The maximum atomic E-state index is 12.9. The molecule has 1 aromatic carbocycles. The minimum Gasteiger partial charge on any atom is -0.488 e. The fourth-order valence-corrected chi connectivity index (χ4v) is 7.36. The molecule has 2 aromatic heterocycles. The van der Waals surface area contributed by atoms with Crippen LogP contribution in [0, 0.1) is 6.92 Å². The summed E-state index contributed by atoms with van der Waals surface area (Å²) in [6, 6.07) is 4.07. The number of aryl methyl sites for hydroxylation is 2. The number of aromatic nitrogens is 4. The Labute approximate surface area is 258 Å². The second-order valence-electron chi connectivity index (χ2n) is 11.7. The molecule has 2 aliphatic carbocycles. The van der Waals surface area contributed by atoms with Crippen LogP contribution in [0.5, 0.6) is 5.75 Å². The van der Waals surface area contributed by atoms with Gasteiger partial charge in [-0.1, -0.05) is 11.6 Å². The number of sulfone groups is 1. The number of sulfonamides is 1. The van der Waals surface area contributed by atoms with Crippen LogP contribution in [-0.2, 0) is 26.9 Å². The fraction of sp³-hybridized carbons (Fsp3) is 0.536. The molecule has 2 heterocycles. The zero-order valence-electron chi connectivity index (χ0n) is 24.9. The highest BCUT2D eigenvalue weighted by Crippen LogP contribution is 2.41. The van der Waals surface area contributed by atoms with Crippen molar-refractivity contribution in [3.05, 3.63) is 40.7 Å². The van der Waals surface area contributed by atoms with Crippen molar-refractivity contribution in [2.24, 2.45) is 7.05 Å². The Morgan fingerprint density at radius 1 is 1.02 bits per heavy atom. The van der Waals surface area contributed by atoms with Crippen LogP contribution in [0.15, 0.2) is 29.6 Å². The molecule has 3 aromatic rings. The molecule has 2 saturated carbocycles. The Morgan fingerprint density at radius 3 is 2.35 bits per heavy atom. The van der Waals surface area contributed by atoms with Gasteiger partial charge in [-0.3, -0.25) is 4.68 Å². The zero-order chi connectivity index (χ0) is 31.1. The van der Waals surface area contributed by atoms with Crippen LogP contribution in [0.2, 0.25) is 5.02 Å². The molecular weight excluding hydrogens is 614 g/mol. The van der Waals surface area contributed by atoms with E-state index in [4.69, 9.17) is 16.3 Å². The lowest BCUT2D eigenvalue weighted by molar-refractivity contribution is 0.303. The largest absolute Gasteiger partial charge is 0.488 e. The van der Waals surface area contributed by atoms with E-state index in [0.29, 0.717) is 17.4 Å². The molecular formula is C28H38ClN7O5S2. The number of halogens is 1. The third kappa shape index (κ3) is 7.59. The zero-order valence-corrected chi connectivity index (χ0v) is 27.3. The second-order valence-corrected chi connectivity index (χ2v) is 16.3. The summed E-state index contributed by atoms with van der Waals surface area (Å²) in [6.07, 6.45) is 9.65. The van der Waals surface area contributed by atoms with Gasteiger partial charge < -0.3 is 15.4 Å². The lowest BCUT2D eigenvalue weighted by Gasteiger charge is -2.30. The predicted octanol–water partition coefficient (Wildman–Crippen LogP) is 4.96. The van der Waals surface area contributed by atoms with E-state index in [1.165, 1.54) is 22.7 Å². The van der Waals surface area contributed by atoms with Crippen LogP contribution in [0.1, 0.15) is 69.4 Å². The molecule has 15 heteroatoms. The van der Waals surface area contributed by atoms with Gasteiger partial charge in [0.15, 0.2) is 5.82 Å². The van der Waals surface area contributed by atoms with Gasteiger partial charge in [-0.2, -0.15) is 10.1 Å². The Balaban J connectivity index is 1.39. The molecule has 43 heavy (non-hydrogen) atoms. The SMILES string of the molecule is Cc1cc(Nc2ncc(Cl)c(Nc3cn(C)nc3S(=O)(=O)C(C)C)n2)c(OC2CC2)cc1C1CCC(NS(C)(=O)=O)CC1. The van der Waals surface area contributed by atoms with Gasteiger partial charge in [-0.15, -0.1) is 0 Å². The van der Waals surface area contributed by atoms with Gasteiger partial charge in [0, 0.05) is 19.3 Å². The lowest BCUT2D eigenvalue weighted by atomic mass is 9.80. The molecule has 0 amide bonds. The molecule has 5 rings (SSSR count). The molecule has 0 aliphatic heterocycles. The summed E-state index contributed by atoms with van der Waals surface area (Å²) < 4.78 is 59.6. The van der Waals surface area contributed by atoms with E-state index >= 15 is 0 Å². The minimum atomic E-state index is -3.66. The summed E-state index contributed by atoms with van der Waals surface area (Å²) in [5.74, 6) is 1.48. The monoisotopic (exact) mass is 651 g/mol. The van der Waals surface area contributed by atoms with Crippen molar-refractivity contribution >= 4 is 54.6 Å². The Hall–Kier alpha value is -2.94. The highest BCUT2D eigenvalue weighted by atomic mass is 35.5. The van der Waals surface area contributed by atoms with E-state index in [1.807, 2.05) is 6.07 Å². The summed E-state index contributed by atoms with van der Waals surface area (Å²) in [6.45, 7) is 5.25. The smallest absolute Gasteiger partial charge is 0.229 e. The molecule has 0 atom stereocenters. The number of nitrogens with one attached hydrogen (secondary N) is 3. The minimum absolute atomic E-state index is 0.0345. The average Bonchev–Trinajstić information content (AvgIpc) is 3.66. The van der Waals surface area contributed by atoms with E-state index in [0.717, 1.165) is 44.1 Å². The lowest BCUT2D eigenvalue weighted by Crippen LogP contribution is -2.36. The van der Waals surface area contributed by atoms with E-state index < -0.39 is 25.1 Å². The van der Waals surface area contributed by atoms with E-state index in [-0.39, 0.29) is 39.6 Å². The van der Waals surface area contributed by atoms with E-state index in [1.54, 1.807) is 27.1 Å². The van der Waals surface area contributed by atoms with Gasteiger partial charge in [0.1, 0.15) is 10.8 Å². The maximum absolute atomic E-state index is 12.9. The van der Waals surface area contributed by atoms with Crippen molar-refractivity contribution in [2.75, 3.05) is 16.9 Å². The topological polar surface area (TPSA) is 157 Å². The first-order chi connectivity index (χ1) is 20.2. The third-order valence-corrected chi connectivity index (χ3v) is 10.8. The van der Waals surface area contributed by atoms with Crippen molar-refractivity contribution < 1.29 is 21.6 Å². The molecule has 0 saturated heterocycles. The van der Waals surface area contributed by atoms with Crippen molar-refractivity contribution in [2.45, 2.75) is 87.6 Å². The maximum Gasteiger partial charge on any atom is 0.229 e. The molecule has 2 fully saturated rings. The van der Waals surface area contributed by atoms with Crippen LogP contribution < -0.4 is 20.1 Å². The van der Waals surface area contributed by atoms with Crippen molar-refractivity contribution in [3.8, 4) is 5.75 Å². The van der Waals surface area contributed by atoms with E-state index in [9.17, 15) is 16.8 Å². The van der Waals surface area contributed by atoms with Crippen LogP contribution >= 0.6 is 11.6 Å². The van der Waals surface area contributed by atoms with Crippen LogP contribution in [0.3, 0.4) is 0 Å². The number of hydrogen-bond donors (Lipinski definition) is 3. The molecule has 0 unspecified atom stereocenters. The van der Waals surface area contributed by atoms with Crippen molar-refractivity contribution in [1.82, 2.24) is 24.5 Å². The summed E-state index contributed by atoms with van der Waals surface area (Å²) in [7, 11) is -5.25. The normalized spacial score (nSPS) is 19.4. The Bertz CT molecular complexity index is 1710. The number of benzene rings is 1. The van der Waals surface area contributed by atoms with Gasteiger partial charge >= 0.3 is 0 Å². The highest BCUT2D eigenvalue weighted by Gasteiger charge is 2.30. The summed E-state index contributed by atoms with van der Waals surface area (Å²) >= 11 is 6.42. The van der Waals surface area contributed by atoms with Crippen molar-refractivity contribution in [1.29, 1.82) is 0 Å². The summed E-state index contributed by atoms with van der Waals surface area (Å²) in [4.78, 5) is 8.90. The average molecular weight is 652 g/mol. The number of anilines is 4. The molecule has 0 bridgehead atoms. The number of hydrogen-bond acceptors (Lipinski definition) is 10. The van der Waals surface area contributed by atoms with Crippen LogP contribution in [-0.4, -0.2) is 60.2 Å². The predicted molar refractivity (Wildman–Crippen MR) is 167 cm³/mol. The van der Waals surface area contributed by atoms with Crippen LogP contribution in [0.25, 0.3) is 0 Å². The first-order valence-electron chi connectivity index (χ1n) is 14.3. The molecule has 12 nitrogen and oxygen atoms in total. The molecule has 3 N–H and O–H groups in total. The molecule has 234 valence electrons. The van der Waals surface area contributed by atoms with Crippen molar-refractivity contribution in [3.63, 3.8) is 0 Å². The van der Waals surface area contributed by atoms with Gasteiger partial charge in [-0.05, 0) is 88.5 Å². The van der Waals surface area contributed by atoms with Gasteiger partial charge in [0.2, 0.25) is 30.8 Å². The van der Waals surface area contributed by atoms with Gasteiger partial charge in [-0.25, -0.2) is 26.5 Å². The first-order valence-corrected chi connectivity index (χ1v) is 18.1. The second kappa shape index (κ2) is 12.2. The summed E-state index contributed by atoms with van der Waals surface area (Å²) in [5.41, 5.74) is 3.24. The third-order valence-electron chi connectivity index (χ3n) is 7.66. The van der Waals surface area contributed by atoms with Gasteiger partial charge in [0.25, 0.3) is 0 Å². The summed E-state index contributed by atoms with van der Waals surface area (Å²) in [5, 5.41) is 9.93. The quantitative estimate of drug-likeness (QED) is 0.259. The van der Waals surface area contributed by atoms with Crippen LogP contribution in [0.4, 0.5) is 23.1 Å². The van der Waals surface area contributed by atoms with Gasteiger partial charge in [0.05, 0.1) is 35.2 Å². The van der Waals surface area contributed by atoms with E-state index in [2.05, 4.69) is 43.4 Å². The number of ether oxygens (including phenoxy) is 1. The number of rotatable bonds is 11. The molecule has 2 aliphatic rings. The standard InChI is InChI=1S/C28H38ClN7O5S2/c1-16(2)43(39,40)27-24(15-36(4)34-27)31-26-22(29)14-30-28(33-26)32-23-12-17(3)21(13-25(23)41-20-10-11-20)18-6-8-19(9-7-18)35-42(5,37)38/h12-16,18-20,35H,6-11H2,1-5H3,(H2,30,31,32,33). The molecule has 0 radical (unpaired) electrons. The number of nitrogens with zero attached hydrogens (tertiary/aromatic N) is 4. The Kier molecular flexibility index (Phi) is 8.94. The Morgan fingerprint density at radius 2 is 1.72 bits per heavy atom. The fourth-order valence-electron chi connectivity index (χ4n) is 5.28. The molecule has 0 spiro atoms. The first kappa shape index (κ1) is 31.5.